The van der Waals surface area contributed by atoms with Gasteiger partial charge in [0.2, 0.25) is 0 Å². The molecular weight excluding hydrogens is 512 g/mol. The molecule has 3 nitrogen and oxygen atoms in total. The van der Waals surface area contributed by atoms with Crippen molar-refractivity contribution in [3.63, 3.8) is 0 Å². The Labute approximate surface area is 246 Å². The zero-order valence-corrected chi connectivity index (χ0v) is 23.7. The molecule has 0 saturated heterocycles. The van der Waals surface area contributed by atoms with E-state index in [1.54, 1.807) is 0 Å². The molecule has 5 aromatic carbocycles. The van der Waals surface area contributed by atoms with Crippen LogP contribution in [-0.4, -0.2) is 4.98 Å². The van der Waals surface area contributed by atoms with E-state index in [-0.39, 0.29) is 5.41 Å². The van der Waals surface area contributed by atoms with Crippen LogP contribution in [-0.2, 0) is 10.8 Å². The third-order valence-electron chi connectivity index (χ3n) is 9.08. The fraction of sp³-hybridized carbons (Fsp3) is 0.103. The monoisotopic (exact) mass is 542 g/mol. The average molecular weight is 543 g/mol. The molecule has 2 aliphatic heterocycles. The predicted molar refractivity (Wildman–Crippen MR) is 169 cm³/mol. The quantitative estimate of drug-likeness (QED) is 0.222. The first kappa shape index (κ1) is 24.6. The molecule has 0 atom stereocenters. The number of hydrogen-bond acceptors (Lipinski definition) is 3. The minimum atomic E-state index is -0.562. The van der Waals surface area contributed by atoms with Crippen molar-refractivity contribution in [2.45, 2.75) is 24.7 Å². The Kier molecular flexibility index (Phi) is 5.39. The molecule has 0 amide bonds. The number of pyridine rings is 1. The summed E-state index contributed by atoms with van der Waals surface area (Å²) >= 11 is 0. The number of rotatable bonds is 3. The van der Waals surface area contributed by atoms with Crippen LogP contribution in [0.3, 0.4) is 0 Å². The summed E-state index contributed by atoms with van der Waals surface area (Å²) in [5.41, 5.74) is 9.86. The molecule has 42 heavy (non-hydrogen) atoms. The number of para-hydroxylation sites is 3. The van der Waals surface area contributed by atoms with Gasteiger partial charge >= 0.3 is 0 Å². The molecule has 0 saturated carbocycles. The van der Waals surface area contributed by atoms with E-state index in [1.165, 1.54) is 27.9 Å². The zero-order chi connectivity index (χ0) is 28.3. The molecule has 0 N–H and O–H groups in total. The Balaban J connectivity index is 1.47. The minimum absolute atomic E-state index is 0.253. The number of benzene rings is 5. The summed E-state index contributed by atoms with van der Waals surface area (Å²) in [6, 6.07) is 47.7. The normalized spacial score (nSPS) is 15.4. The zero-order valence-electron chi connectivity index (χ0n) is 23.7. The summed E-state index contributed by atoms with van der Waals surface area (Å²) in [6.07, 6.45) is 3.91. The Morgan fingerprint density at radius 1 is 0.548 bits per heavy atom. The number of aromatic nitrogens is 1. The van der Waals surface area contributed by atoms with E-state index >= 15 is 0 Å². The van der Waals surface area contributed by atoms with Gasteiger partial charge in [0, 0.05) is 28.4 Å². The summed E-state index contributed by atoms with van der Waals surface area (Å²) in [5, 5.41) is 0. The average Bonchev–Trinajstić information content (AvgIpc) is 3.05. The molecule has 0 bridgehead atoms. The van der Waals surface area contributed by atoms with Crippen LogP contribution in [0.1, 0.15) is 47.2 Å². The van der Waals surface area contributed by atoms with Gasteiger partial charge in [0.1, 0.15) is 11.5 Å². The largest absolute Gasteiger partial charge is 0.457 e. The highest BCUT2D eigenvalue weighted by Crippen LogP contribution is 2.58. The van der Waals surface area contributed by atoms with Crippen LogP contribution >= 0.6 is 0 Å². The maximum atomic E-state index is 6.54. The van der Waals surface area contributed by atoms with Gasteiger partial charge in [0.25, 0.3) is 0 Å². The van der Waals surface area contributed by atoms with Gasteiger partial charge in [-0.1, -0.05) is 111 Å². The van der Waals surface area contributed by atoms with Crippen LogP contribution in [0.2, 0.25) is 0 Å². The molecule has 0 fully saturated rings. The van der Waals surface area contributed by atoms with E-state index in [4.69, 9.17) is 4.74 Å². The maximum absolute atomic E-state index is 6.54. The summed E-state index contributed by atoms with van der Waals surface area (Å²) in [6.45, 7) is 4.66. The van der Waals surface area contributed by atoms with E-state index in [2.05, 4.69) is 157 Å². The van der Waals surface area contributed by atoms with Crippen LogP contribution in [0, 0.1) is 0 Å². The topological polar surface area (TPSA) is 25.4 Å². The fourth-order valence-electron chi connectivity index (χ4n) is 7.16. The minimum Gasteiger partial charge on any atom is -0.457 e. The molecule has 1 aromatic heterocycles. The Bertz CT molecular complexity index is 1900. The summed E-state index contributed by atoms with van der Waals surface area (Å²) < 4.78 is 6.54. The van der Waals surface area contributed by atoms with Crippen LogP contribution in [0.15, 0.2) is 146 Å². The molecule has 8 rings (SSSR count). The van der Waals surface area contributed by atoms with E-state index in [0.29, 0.717) is 0 Å². The third kappa shape index (κ3) is 3.37. The van der Waals surface area contributed by atoms with Crippen molar-refractivity contribution >= 4 is 17.1 Å². The van der Waals surface area contributed by atoms with Gasteiger partial charge < -0.3 is 9.64 Å². The first-order valence-corrected chi connectivity index (χ1v) is 14.5. The van der Waals surface area contributed by atoms with Gasteiger partial charge in [-0.25, -0.2) is 0 Å². The first-order chi connectivity index (χ1) is 20.6. The number of hydrogen-bond donors (Lipinski definition) is 0. The lowest BCUT2D eigenvalue weighted by Crippen LogP contribution is -2.36. The molecule has 0 unspecified atom stereocenters. The second-order valence-corrected chi connectivity index (χ2v) is 11.6. The molecule has 0 aliphatic carbocycles. The lowest BCUT2D eigenvalue weighted by molar-refractivity contribution is 0.434. The van der Waals surface area contributed by atoms with Crippen LogP contribution in [0.25, 0.3) is 0 Å². The van der Waals surface area contributed by atoms with Gasteiger partial charge in [-0.3, -0.25) is 4.98 Å². The van der Waals surface area contributed by atoms with Gasteiger partial charge in [0.15, 0.2) is 0 Å². The molecule has 0 radical (unpaired) electrons. The van der Waals surface area contributed by atoms with Crippen LogP contribution < -0.4 is 9.64 Å². The van der Waals surface area contributed by atoms with Crippen molar-refractivity contribution in [2.24, 2.45) is 0 Å². The highest BCUT2D eigenvalue weighted by Gasteiger charge is 2.46. The molecule has 2 aliphatic rings. The summed E-state index contributed by atoms with van der Waals surface area (Å²) in [5.74, 6) is 1.78. The highest BCUT2D eigenvalue weighted by atomic mass is 16.5. The molecule has 0 spiro atoms. The smallest absolute Gasteiger partial charge is 0.132 e. The predicted octanol–water partition coefficient (Wildman–Crippen LogP) is 9.68. The van der Waals surface area contributed by atoms with Crippen molar-refractivity contribution < 1.29 is 4.74 Å². The van der Waals surface area contributed by atoms with Crippen molar-refractivity contribution in [1.82, 2.24) is 4.98 Å². The van der Waals surface area contributed by atoms with Crippen LogP contribution in [0.4, 0.5) is 17.1 Å². The molecule has 202 valence electrons. The number of nitrogens with zero attached hydrogens (tertiary/aromatic N) is 2. The van der Waals surface area contributed by atoms with Crippen molar-refractivity contribution in [3.05, 3.63) is 179 Å². The van der Waals surface area contributed by atoms with E-state index in [1.807, 2.05) is 12.4 Å². The van der Waals surface area contributed by atoms with Crippen molar-refractivity contribution in [1.29, 1.82) is 0 Å². The molecule has 3 heterocycles. The SMILES string of the molecule is CC1(C)c2ccncc2N(c2ccccc2)c2ccc(C3(c4ccccc4)c4ccccc4Oc4ccccc43)cc21. The number of anilines is 3. The fourth-order valence-corrected chi connectivity index (χ4v) is 7.16. The number of fused-ring (bicyclic) bond motifs is 4. The standard InChI is InChI=1S/C39H30N2O/c1-38(2)30-23-24-40-26-35(30)41(29-15-7-4-8-16-29)34-22-21-28(25-33(34)38)39(27-13-5-3-6-14-27)31-17-9-11-19-36(31)42-37-20-12-10-18-32(37)39/h3-26H,1-2H3. The van der Waals surface area contributed by atoms with Gasteiger partial charge in [0.05, 0.1) is 23.0 Å². The van der Waals surface area contributed by atoms with E-state index < -0.39 is 5.41 Å². The Morgan fingerprint density at radius 2 is 1.17 bits per heavy atom. The second-order valence-electron chi connectivity index (χ2n) is 11.6. The molecular formula is C39H30N2O. The molecule has 3 heteroatoms. The summed E-state index contributed by atoms with van der Waals surface area (Å²) in [7, 11) is 0. The third-order valence-corrected chi connectivity index (χ3v) is 9.08. The van der Waals surface area contributed by atoms with Crippen molar-refractivity contribution in [2.75, 3.05) is 4.90 Å². The number of ether oxygens (including phenoxy) is 1. The van der Waals surface area contributed by atoms with Crippen molar-refractivity contribution in [3.8, 4) is 11.5 Å². The highest BCUT2D eigenvalue weighted by molar-refractivity contribution is 5.86. The Hall–Kier alpha value is -5.15. The van der Waals surface area contributed by atoms with Crippen LogP contribution in [0.5, 0.6) is 11.5 Å². The van der Waals surface area contributed by atoms with E-state index in [0.717, 1.165) is 34.0 Å². The van der Waals surface area contributed by atoms with Gasteiger partial charge in [-0.15, -0.1) is 0 Å². The maximum Gasteiger partial charge on any atom is 0.132 e. The first-order valence-electron chi connectivity index (χ1n) is 14.5. The molecule has 6 aromatic rings. The van der Waals surface area contributed by atoms with Gasteiger partial charge in [-0.05, 0) is 58.7 Å². The van der Waals surface area contributed by atoms with Gasteiger partial charge in [-0.2, -0.15) is 0 Å². The second kappa shape index (κ2) is 9.19. The lowest BCUT2D eigenvalue weighted by atomic mass is 9.62. The lowest BCUT2D eigenvalue weighted by Gasteiger charge is -2.45. The van der Waals surface area contributed by atoms with E-state index in [9.17, 15) is 0 Å². The summed E-state index contributed by atoms with van der Waals surface area (Å²) in [4.78, 5) is 6.90. The Morgan fingerprint density at radius 3 is 1.86 bits per heavy atom.